The van der Waals surface area contributed by atoms with Gasteiger partial charge in [-0.15, -0.1) is 0 Å². The van der Waals surface area contributed by atoms with Crippen LogP contribution in [0.1, 0.15) is 0 Å². The van der Waals surface area contributed by atoms with E-state index in [1.807, 2.05) is 0 Å². The Hall–Kier alpha value is -1.84. The number of nitrogens with two attached hydrogens (primary N) is 1. The van der Waals surface area contributed by atoms with Crippen LogP contribution in [0.3, 0.4) is 0 Å². The lowest BCUT2D eigenvalue weighted by molar-refractivity contribution is 0.517. The van der Waals surface area contributed by atoms with E-state index in [1.165, 1.54) is 0 Å². The molecular weight excluding hydrogens is 198 g/mol. The molecule has 0 aromatic heterocycles. The van der Waals surface area contributed by atoms with Crippen molar-refractivity contribution in [1.82, 2.24) is 0 Å². The van der Waals surface area contributed by atoms with Gasteiger partial charge >= 0.3 is 0 Å². The largest absolute Gasteiger partial charge is 0.398 e. The van der Waals surface area contributed by atoms with Crippen molar-refractivity contribution in [2.75, 3.05) is 18.1 Å². The number of hydrogen-bond donors (Lipinski definition) is 2. The summed E-state index contributed by atoms with van der Waals surface area (Å²) >= 11 is 0. The Kier molecular flexibility index (Phi) is 2.19. The maximum atomic E-state index is 13.5. The molecule has 2 aromatic rings. The fraction of sp³-hybridized carbons (Fsp3) is 0.0909. The van der Waals surface area contributed by atoms with Crippen LogP contribution in [-0.4, -0.2) is 7.05 Å². The van der Waals surface area contributed by atoms with E-state index in [4.69, 9.17) is 5.73 Å². The highest BCUT2D eigenvalue weighted by Crippen LogP contribution is 2.31. The van der Waals surface area contributed by atoms with Gasteiger partial charge in [-0.3, -0.25) is 0 Å². The van der Waals surface area contributed by atoms with Crippen LogP contribution >= 0.6 is 0 Å². The molecule has 0 aliphatic heterocycles. The average Bonchev–Trinajstić information content (AvgIpc) is 2.23. The summed E-state index contributed by atoms with van der Waals surface area (Å²) in [7, 11) is 1.65. The highest BCUT2D eigenvalue weighted by molar-refractivity contribution is 6.01. The predicted molar refractivity (Wildman–Crippen MR) is 57.8 cm³/mol. The van der Waals surface area contributed by atoms with Gasteiger partial charge in [-0.2, -0.15) is 0 Å². The van der Waals surface area contributed by atoms with Gasteiger partial charge in [0, 0.05) is 35.3 Å². The second-order valence-electron chi connectivity index (χ2n) is 3.24. The summed E-state index contributed by atoms with van der Waals surface area (Å²) in [6.07, 6.45) is 0. The summed E-state index contributed by atoms with van der Waals surface area (Å²) in [5, 5.41) is 3.51. The summed E-state index contributed by atoms with van der Waals surface area (Å²) in [5.74, 6) is -1.80. The zero-order valence-corrected chi connectivity index (χ0v) is 8.14. The van der Waals surface area contributed by atoms with Crippen molar-refractivity contribution >= 4 is 22.1 Å². The van der Waals surface area contributed by atoms with Crippen molar-refractivity contribution < 1.29 is 8.78 Å². The minimum Gasteiger partial charge on any atom is -0.398 e. The van der Waals surface area contributed by atoms with Gasteiger partial charge in [-0.05, 0) is 6.07 Å². The Labute approximate surface area is 85.7 Å². The van der Waals surface area contributed by atoms with Crippen LogP contribution in [0, 0.1) is 11.6 Å². The summed E-state index contributed by atoms with van der Waals surface area (Å²) in [6, 6.07) is 6.07. The molecule has 0 radical (unpaired) electrons. The number of rotatable bonds is 1. The van der Waals surface area contributed by atoms with E-state index >= 15 is 0 Å². The normalized spacial score (nSPS) is 10.6. The molecule has 4 heteroatoms. The molecule has 0 saturated heterocycles. The molecule has 0 atom stereocenters. The van der Waals surface area contributed by atoms with Crippen LogP contribution in [0.2, 0.25) is 0 Å². The van der Waals surface area contributed by atoms with Crippen LogP contribution in [-0.2, 0) is 0 Å². The van der Waals surface area contributed by atoms with Gasteiger partial charge in [-0.1, -0.05) is 12.1 Å². The Bertz CT molecular complexity index is 523. The van der Waals surface area contributed by atoms with Gasteiger partial charge in [0.05, 0.1) is 0 Å². The molecule has 78 valence electrons. The van der Waals surface area contributed by atoms with Gasteiger partial charge in [0.25, 0.3) is 0 Å². The van der Waals surface area contributed by atoms with E-state index in [0.29, 0.717) is 11.1 Å². The van der Waals surface area contributed by atoms with Crippen LogP contribution < -0.4 is 11.1 Å². The second kappa shape index (κ2) is 3.38. The maximum absolute atomic E-state index is 13.5. The van der Waals surface area contributed by atoms with Crippen molar-refractivity contribution in [1.29, 1.82) is 0 Å². The number of hydrogen-bond acceptors (Lipinski definition) is 2. The first-order chi connectivity index (χ1) is 7.15. The lowest BCUT2D eigenvalue weighted by Gasteiger charge is -2.09. The number of benzene rings is 2. The molecule has 0 amide bonds. The summed E-state index contributed by atoms with van der Waals surface area (Å²) < 4.78 is 26.7. The Morgan fingerprint density at radius 3 is 2.67 bits per heavy atom. The Balaban J connectivity index is 2.96. The van der Waals surface area contributed by atoms with E-state index in [9.17, 15) is 8.78 Å². The molecule has 0 unspecified atom stereocenters. The number of halogens is 2. The molecule has 0 saturated carbocycles. The first-order valence-electron chi connectivity index (χ1n) is 4.49. The van der Waals surface area contributed by atoms with Crippen molar-refractivity contribution in [3.8, 4) is 0 Å². The monoisotopic (exact) mass is 208 g/mol. The third-order valence-corrected chi connectivity index (χ3v) is 2.36. The molecule has 0 bridgehead atoms. The van der Waals surface area contributed by atoms with E-state index in [-0.39, 0.29) is 11.1 Å². The summed E-state index contributed by atoms with van der Waals surface area (Å²) in [5.41, 5.74) is 6.38. The van der Waals surface area contributed by atoms with Crippen LogP contribution in [0.25, 0.3) is 10.8 Å². The highest BCUT2D eigenvalue weighted by Gasteiger charge is 2.13. The minimum atomic E-state index is -0.901. The SMILES string of the molecule is CNc1cc(F)c(F)c2c(N)cccc12. The molecule has 2 nitrogen and oxygen atoms in total. The third-order valence-electron chi connectivity index (χ3n) is 2.36. The predicted octanol–water partition coefficient (Wildman–Crippen LogP) is 2.74. The number of anilines is 2. The lowest BCUT2D eigenvalue weighted by atomic mass is 10.1. The van der Waals surface area contributed by atoms with Gasteiger partial charge < -0.3 is 11.1 Å². The van der Waals surface area contributed by atoms with Crippen molar-refractivity contribution in [3.63, 3.8) is 0 Å². The Morgan fingerprint density at radius 1 is 1.27 bits per heavy atom. The molecule has 0 spiro atoms. The topological polar surface area (TPSA) is 38.0 Å². The van der Waals surface area contributed by atoms with Crippen molar-refractivity contribution in [2.45, 2.75) is 0 Å². The van der Waals surface area contributed by atoms with Gasteiger partial charge in [-0.25, -0.2) is 8.78 Å². The van der Waals surface area contributed by atoms with Crippen molar-refractivity contribution in [2.24, 2.45) is 0 Å². The molecule has 0 fully saturated rings. The van der Waals surface area contributed by atoms with Crippen LogP contribution in [0.15, 0.2) is 24.3 Å². The first kappa shape index (κ1) is 9.71. The molecule has 0 heterocycles. The zero-order valence-electron chi connectivity index (χ0n) is 8.14. The highest BCUT2D eigenvalue weighted by atomic mass is 19.2. The van der Waals surface area contributed by atoms with Gasteiger partial charge in [0.15, 0.2) is 11.6 Å². The molecule has 3 N–H and O–H groups in total. The molecule has 15 heavy (non-hydrogen) atoms. The fourth-order valence-corrected chi connectivity index (χ4v) is 1.63. The van der Waals surface area contributed by atoms with E-state index in [2.05, 4.69) is 5.32 Å². The fourth-order valence-electron chi connectivity index (χ4n) is 1.63. The maximum Gasteiger partial charge on any atom is 0.168 e. The van der Waals surface area contributed by atoms with Gasteiger partial charge in [0.1, 0.15) is 0 Å². The standard InChI is InChI=1S/C11H10F2N2/c1-15-9-5-7(12)11(13)10-6(9)3-2-4-8(10)14/h2-5,15H,14H2,1H3. The lowest BCUT2D eigenvalue weighted by Crippen LogP contribution is -1.97. The third kappa shape index (κ3) is 1.38. The second-order valence-corrected chi connectivity index (χ2v) is 3.24. The van der Waals surface area contributed by atoms with E-state index in [1.54, 1.807) is 25.2 Å². The molecule has 0 aliphatic carbocycles. The van der Waals surface area contributed by atoms with Crippen molar-refractivity contribution in [3.05, 3.63) is 35.9 Å². The smallest absolute Gasteiger partial charge is 0.168 e. The quantitative estimate of drug-likeness (QED) is 0.707. The number of nitrogen functional groups attached to an aromatic ring is 1. The molecule has 2 rings (SSSR count). The van der Waals surface area contributed by atoms with Crippen LogP contribution in [0.5, 0.6) is 0 Å². The van der Waals surface area contributed by atoms with E-state index in [0.717, 1.165) is 6.07 Å². The minimum absolute atomic E-state index is 0.127. The zero-order chi connectivity index (χ0) is 11.0. The molecule has 2 aromatic carbocycles. The Morgan fingerprint density at radius 2 is 2.00 bits per heavy atom. The summed E-state index contributed by atoms with van der Waals surface area (Å²) in [4.78, 5) is 0. The number of fused-ring (bicyclic) bond motifs is 1. The molecule has 0 aliphatic rings. The summed E-state index contributed by atoms with van der Waals surface area (Å²) in [6.45, 7) is 0. The molecular formula is C11H10F2N2. The average molecular weight is 208 g/mol. The van der Waals surface area contributed by atoms with Gasteiger partial charge in [0.2, 0.25) is 0 Å². The first-order valence-corrected chi connectivity index (χ1v) is 4.49. The number of nitrogens with one attached hydrogen (secondary N) is 1. The van der Waals surface area contributed by atoms with E-state index < -0.39 is 11.6 Å². The van der Waals surface area contributed by atoms with Crippen LogP contribution in [0.4, 0.5) is 20.2 Å².